The first kappa shape index (κ1) is 22.5. The van der Waals surface area contributed by atoms with E-state index in [1.165, 1.54) is 34.5 Å². The van der Waals surface area contributed by atoms with Crippen LogP contribution >= 0.6 is 0 Å². The van der Waals surface area contributed by atoms with Crippen molar-refractivity contribution in [2.75, 3.05) is 13.1 Å². The molecule has 0 N–H and O–H groups in total. The summed E-state index contributed by atoms with van der Waals surface area (Å²) < 4.78 is 28.4. The molecule has 1 aliphatic heterocycles. The first-order valence-corrected chi connectivity index (χ1v) is 10.9. The van der Waals surface area contributed by atoms with E-state index in [0.717, 1.165) is 12.1 Å². The summed E-state index contributed by atoms with van der Waals surface area (Å²) in [5.41, 5.74) is 3.48. The van der Waals surface area contributed by atoms with E-state index in [1.807, 2.05) is 11.8 Å². The van der Waals surface area contributed by atoms with Crippen molar-refractivity contribution in [3.63, 3.8) is 0 Å². The van der Waals surface area contributed by atoms with Crippen LogP contribution in [0.2, 0.25) is 0 Å². The van der Waals surface area contributed by atoms with Gasteiger partial charge in [-0.2, -0.15) is 0 Å². The maximum absolute atomic E-state index is 13.5. The first-order valence-electron chi connectivity index (χ1n) is 10.9. The van der Waals surface area contributed by atoms with E-state index in [2.05, 4.69) is 22.0 Å². The van der Waals surface area contributed by atoms with Crippen molar-refractivity contribution >= 4 is 12.1 Å². The molecule has 1 amide bonds. The molecular formula is C25H25F2N5O. The smallest absolute Gasteiger partial charge is 0.244 e. The summed E-state index contributed by atoms with van der Waals surface area (Å²) in [6, 6.07) is 11.7. The number of halogens is 2. The monoisotopic (exact) mass is 449 g/mol. The number of carbonyl (C=O) groups excluding carboxylic acids is 1. The molecule has 0 fully saturated rings. The summed E-state index contributed by atoms with van der Waals surface area (Å²) in [5.74, 6) is 0.0168. The molecule has 4 rings (SSSR count). The van der Waals surface area contributed by atoms with Gasteiger partial charge >= 0.3 is 0 Å². The topological polar surface area (TPSA) is 63.4 Å². The number of hydrogen-bond donors (Lipinski definition) is 0. The Kier molecular flexibility index (Phi) is 6.72. The molecule has 33 heavy (non-hydrogen) atoms. The molecule has 2 aromatic carbocycles. The third-order valence-corrected chi connectivity index (χ3v) is 5.67. The fraction of sp³-hybridized carbons (Fsp3) is 0.280. The molecule has 0 saturated carbocycles. The fourth-order valence-electron chi connectivity index (χ4n) is 3.81. The van der Waals surface area contributed by atoms with Crippen molar-refractivity contribution in [2.45, 2.75) is 33.2 Å². The Balaban J connectivity index is 1.61. The average Bonchev–Trinajstić information content (AvgIpc) is 3.13. The molecule has 1 aliphatic rings. The van der Waals surface area contributed by atoms with Crippen LogP contribution in [-0.2, 0) is 11.3 Å². The Morgan fingerprint density at radius 1 is 1.00 bits per heavy atom. The van der Waals surface area contributed by atoms with Crippen LogP contribution < -0.4 is 0 Å². The Morgan fingerprint density at radius 3 is 2.24 bits per heavy atom. The summed E-state index contributed by atoms with van der Waals surface area (Å²) in [6.45, 7) is 5.11. The quantitative estimate of drug-likeness (QED) is 0.522. The van der Waals surface area contributed by atoms with Gasteiger partial charge in [0.25, 0.3) is 0 Å². The van der Waals surface area contributed by atoms with Crippen LogP contribution in [0, 0.1) is 11.6 Å². The van der Waals surface area contributed by atoms with Gasteiger partial charge in [-0.15, -0.1) is 5.10 Å². The number of aromatic nitrogens is 3. The van der Waals surface area contributed by atoms with Crippen molar-refractivity contribution in [1.29, 1.82) is 0 Å². The predicted octanol–water partition coefficient (Wildman–Crippen LogP) is 4.88. The molecule has 0 atom stereocenters. The van der Waals surface area contributed by atoms with Crippen LogP contribution in [-0.4, -0.2) is 44.9 Å². The largest absolute Gasteiger partial charge is 0.340 e. The summed E-state index contributed by atoms with van der Waals surface area (Å²) in [6.07, 6.45) is 3.24. The number of nitrogens with zero attached hydrogens (tertiary/aromatic N) is 5. The lowest BCUT2D eigenvalue weighted by Crippen LogP contribution is -2.35. The van der Waals surface area contributed by atoms with Crippen molar-refractivity contribution in [3.05, 3.63) is 71.4 Å². The second kappa shape index (κ2) is 9.85. The lowest BCUT2D eigenvalue weighted by molar-refractivity contribution is -0.131. The zero-order valence-corrected chi connectivity index (χ0v) is 18.6. The van der Waals surface area contributed by atoms with E-state index in [9.17, 15) is 13.6 Å². The highest BCUT2D eigenvalue weighted by molar-refractivity contribution is 5.77. The first-order chi connectivity index (χ1) is 15.9. The van der Waals surface area contributed by atoms with Gasteiger partial charge in [0.2, 0.25) is 5.91 Å². The highest BCUT2D eigenvalue weighted by atomic mass is 19.1. The molecule has 0 spiro atoms. The van der Waals surface area contributed by atoms with Crippen molar-refractivity contribution in [2.24, 2.45) is 4.99 Å². The minimum Gasteiger partial charge on any atom is -0.340 e. The Morgan fingerprint density at radius 2 is 1.61 bits per heavy atom. The van der Waals surface area contributed by atoms with Gasteiger partial charge in [-0.1, -0.05) is 0 Å². The Labute approximate surface area is 191 Å². The average molecular weight is 450 g/mol. The van der Waals surface area contributed by atoms with Gasteiger partial charge in [-0.25, -0.2) is 18.4 Å². The van der Waals surface area contributed by atoms with Crippen LogP contribution in [0.25, 0.3) is 22.8 Å². The molecule has 2 heterocycles. The van der Waals surface area contributed by atoms with E-state index in [-0.39, 0.29) is 24.1 Å². The lowest BCUT2D eigenvalue weighted by Gasteiger charge is -2.20. The highest BCUT2D eigenvalue weighted by Gasteiger charge is 2.22. The molecule has 0 bridgehead atoms. The highest BCUT2D eigenvalue weighted by Crippen LogP contribution is 2.24. The summed E-state index contributed by atoms with van der Waals surface area (Å²) in [5, 5.41) is 4.53. The molecule has 0 radical (unpaired) electrons. The molecule has 0 aliphatic carbocycles. The SMILES string of the molecule is CC=NC1=C(C)CCN(C(=O)Cn2nc(-c3ccc(F)cc3)nc2-c2ccc(F)cc2)CC1. The minimum atomic E-state index is -0.363. The van der Waals surface area contributed by atoms with Gasteiger partial charge in [0.05, 0.1) is 0 Å². The van der Waals surface area contributed by atoms with Gasteiger partial charge in [0.1, 0.15) is 18.2 Å². The van der Waals surface area contributed by atoms with Crippen molar-refractivity contribution in [3.8, 4) is 22.8 Å². The van der Waals surface area contributed by atoms with Crippen LogP contribution in [0.3, 0.4) is 0 Å². The van der Waals surface area contributed by atoms with Gasteiger partial charge in [-0.05, 0) is 74.4 Å². The molecule has 3 aromatic rings. The second-order valence-corrected chi connectivity index (χ2v) is 7.93. The predicted molar refractivity (Wildman–Crippen MR) is 123 cm³/mol. The number of benzene rings is 2. The van der Waals surface area contributed by atoms with E-state index in [1.54, 1.807) is 30.5 Å². The standard InChI is InChI=1S/C25H25F2N5O/c1-3-28-22-13-15-31(14-12-17(22)2)23(33)16-32-25(19-6-10-21(27)11-7-19)29-24(30-32)18-4-8-20(26)9-5-18/h3-11H,12-16H2,1-2H3. The molecule has 170 valence electrons. The molecule has 0 saturated heterocycles. The van der Waals surface area contributed by atoms with Gasteiger partial charge in [0.15, 0.2) is 11.6 Å². The third-order valence-electron chi connectivity index (χ3n) is 5.67. The van der Waals surface area contributed by atoms with Crippen LogP contribution in [0.5, 0.6) is 0 Å². The fourth-order valence-corrected chi connectivity index (χ4v) is 3.81. The lowest BCUT2D eigenvalue weighted by atomic mass is 10.1. The minimum absolute atomic E-state index is 0.00761. The zero-order valence-electron chi connectivity index (χ0n) is 18.6. The van der Waals surface area contributed by atoms with E-state index < -0.39 is 0 Å². The molecule has 1 aromatic heterocycles. The van der Waals surface area contributed by atoms with Crippen molar-refractivity contribution in [1.82, 2.24) is 19.7 Å². The normalized spacial score (nSPS) is 14.7. The van der Waals surface area contributed by atoms with Gasteiger partial charge in [0, 0.05) is 42.5 Å². The second-order valence-electron chi connectivity index (χ2n) is 7.93. The van der Waals surface area contributed by atoms with E-state index >= 15 is 0 Å². The molecule has 0 unspecified atom stereocenters. The van der Waals surface area contributed by atoms with Crippen molar-refractivity contribution < 1.29 is 13.6 Å². The summed E-state index contributed by atoms with van der Waals surface area (Å²) in [7, 11) is 0. The molecule has 8 heteroatoms. The summed E-state index contributed by atoms with van der Waals surface area (Å²) >= 11 is 0. The zero-order chi connectivity index (χ0) is 23.4. The van der Waals surface area contributed by atoms with E-state index in [4.69, 9.17) is 0 Å². The Hall–Kier alpha value is -3.68. The molecule has 6 nitrogen and oxygen atoms in total. The van der Waals surface area contributed by atoms with Crippen LogP contribution in [0.15, 0.2) is 64.8 Å². The number of amides is 1. The molecular weight excluding hydrogens is 424 g/mol. The number of hydrogen-bond acceptors (Lipinski definition) is 4. The number of carbonyl (C=O) groups is 1. The number of aliphatic imine (C=N–C) groups is 1. The van der Waals surface area contributed by atoms with Gasteiger partial charge < -0.3 is 4.90 Å². The van der Waals surface area contributed by atoms with Gasteiger partial charge in [-0.3, -0.25) is 9.79 Å². The number of rotatable bonds is 5. The van der Waals surface area contributed by atoms with E-state index in [0.29, 0.717) is 42.3 Å². The summed E-state index contributed by atoms with van der Waals surface area (Å²) in [4.78, 5) is 24.0. The van der Waals surface area contributed by atoms with Crippen LogP contribution in [0.1, 0.15) is 26.7 Å². The Bertz CT molecular complexity index is 1200. The maximum atomic E-state index is 13.5. The van der Waals surface area contributed by atoms with Crippen LogP contribution in [0.4, 0.5) is 8.78 Å². The maximum Gasteiger partial charge on any atom is 0.244 e. The third kappa shape index (κ3) is 5.22.